The molecule has 1 aromatic heterocycles. The molecule has 5 heteroatoms. The first-order valence-electron chi connectivity index (χ1n) is 8.13. The quantitative estimate of drug-likeness (QED) is 0.699. The standard InChI is InChI=1S/C20H21NO4/c1-23-18-9-8-14(12-20(18)24-2)19-13-16(21-10-5-11-22)15-6-3-4-7-17(15)25-19/h3-4,6-9,12-13,22H,5,10-11H2,1-2H3. The van der Waals surface area contributed by atoms with E-state index in [1.807, 2.05) is 48.5 Å². The second-order valence-electron chi connectivity index (χ2n) is 5.52. The van der Waals surface area contributed by atoms with Crippen molar-refractivity contribution in [2.75, 3.05) is 27.4 Å². The third-order valence-corrected chi connectivity index (χ3v) is 3.92. The molecule has 0 unspecified atom stereocenters. The molecular formula is C20H21NO4. The minimum atomic E-state index is 0.126. The van der Waals surface area contributed by atoms with Crippen molar-refractivity contribution in [1.29, 1.82) is 0 Å². The van der Waals surface area contributed by atoms with Crippen molar-refractivity contribution in [3.8, 4) is 22.8 Å². The molecular weight excluding hydrogens is 318 g/mol. The van der Waals surface area contributed by atoms with Crippen LogP contribution in [0.15, 0.2) is 57.9 Å². The highest BCUT2D eigenvalue weighted by Crippen LogP contribution is 2.32. The third-order valence-electron chi connectivity index (χ3n) is 3.92. The van der Waals surface area contributed by atoms with Crippen LogP contribution in [-0.4, -0.2) is 32.5 Å². The van der Waals surface area contributed by atoms with E-state index in [1.54, 1.807) is 14.2 Å². The Morgan fingerprint density at radius 3 is 2.56 bits per heavy atom. The summed E-state index contributed by atoms with van der Waals surface area (Å²) in [4.78, 5) is 4.61. The van der Waals surface area contributed by atoms with Gasteiger partial charge in [-0.25, -0.2) is 0 Å². The molecule has 1 N–H and O–H groups in total. The van der Waals surface area contributed by atoms with Crippen LogP contribution in [0, 0.1) is 0 Å². The fourth-order valence-electron chi connectivity index (χ4n) is 2.65. The number of aliphatic hydroxyl groups excluding tert-OH is 1. The Kier molecular flexibility index (Phi) is 5.36. The minimum Gasteiger partial charge on any atom is -0.493 e. The maximum atomic E-state index is 8.99. The number of aliphatic hydroxyl groups is 1. The summed E-state index contributed by atoms with van der Waals surface area (Å²) in [7, 11) is 3.21. The normalized spacial score (nSPS) is 11.7. The van der Waals surface area contributed by atoms with Crippen molar-refractivity contribution in [3.05, 3.63) is 53.9 Å². The highest BCUT2D eigenvalue weighted by atomic mass is 16.5. The summed E-state index contributed by atoms with van der Waals surface area (Å²) in [6.07, 6.45) is 0.631. The minimum absolute atomic E-state index is 0.126. The van der Waals surface area contributed by atoms with Gasteiger partial charge in [0.1, 0.15) is 11.3 Å². The van der Waals surface area contributed by atoms with E-state index >= 15 is 0 Å². The van der Waals surface area contributed by atoms with Crippen LogP contribution < -0.4 is 14.8 Å². The molecule has 25 heavy (non-hydrogen) atoms. The van der Waals surface area contributed by atoms with E-state index in [-0.39, 0.29) is 6.61 Å². The Bertz CT molecular complexity index is 930. The lowest BCUT2D eigenvalue weighted by molar-refractivity contribution is 0.291. The van der Waals surface area contributed by atoms with Crippen LogP contribution in [0.5, 0.6) is 11.5 Å². The van der Waals surface area contributed by atoms with Crippen molar-refractivity contribution in [3.63, 3.8) is 0 Å². The molecule has 2 aromatic carbocycles. The number of nitrogens with zero attached hydrogens (tertiary/aromatic N) is 1. The third kappa shape index (κ3) is 3.67. The lowest BCUT2D eigenvalue weighted by Gasteiger charge is -2.10. The zero-order valence-electron chi connectivity index (χ0n) is 14.4. The second-order valence-corrected chi connectivity index (χ2v) is 5.52. The number of benzene rings is 2. The van der Waals surface area contributed by atoms with Crippen molar-refractivity contribution < 1.29 is 19.0 Å². The number of ether oxygens (including phenoxy) is 2. The fourth-order valence-corrected chi connectivity index (χ4v) is 2.65. The molecule has 0 saturated heterocycles. The molecule has 0 fully saturated rings. The number of para-hydroxylation sites is 1. The van der Waals surface area contributed by atoms with Gasteiger partial charge in [0.25, 0.3) is 0 Å². The molecule has 0 aliphatic heterocycles. The molecule has 0 atom stereocenters. The van der Waals surface area contributed by atoms with Crippen molar-refractivity contribution in [2.45, 2.75) is 6.42 Å². The monoisotopic (exact) mass is 339 g/mol. The van der Waals surface area contributed by atoms with Crippen molar-refractivity contribution in [1.82, 2.24) is 0 Å². The molecule has 0 saturated carbocycles. The van der Waals surface area contributed by atoms with Crippen molar-refractivity contribution in [2.24, 2.45) is 4.99 Å². The molecule has 3 rings (SSSR count). The summed E-state index contributed by atoms with van der Waals surface area (Å²) in [5, 5.41) is 10.8. The van der Waals surface area contributed by atoms with Gasteiger partial charge in [0.2, 0.25) is 0 Å². The van der Waals surface area contributed by atoms with Crippen LogP contribution in [0.25, 0.3) is 22.3 Å². The van der Waals surface area contributed by atoms with Crippen LogP contribution in [0.1, 0.15) is 6.42 Å². The molecule has 0 radical (unpaired) electrons. The van der Waals surface area contributed by atoms with Gasteiger partial charge in [0, 0.05) is 30.2 Å². The van der Waals surface area contributed by atoms with Crippen LogP contribution in [0.2, 0.25) is 0 Å². The Hall–Kier alpha value is -2.79. The van der Waals surface area contributed by atoms with Gasteiger partial charge in [0.05, 0.1) is 19.6 Å². The molecule has 5 nitrogen and oxygen atoms in total. The maximum absolute atomic E-state index is 8.99. The Balaban J connectivity index is 2.15. The molecule has 0 bridgehead atoms. The number of rotatable bonds is 6. The Labute approximate surface area is 146 Å². The predicted octanol–water partition coefficient (Wildman–Crippen LogP) is 3.40. The smallest absolute Gasteiger partial charge is 0.161 e. The number of methoxy groups -OCH3 is 2. The van der Waals surface area contributed by atoms with E-state index in [0.717, 1.165) is 21.9 Å². The summed E-state index contributed by atoms with van der Waals surface area (Å²) in [6.45, 7) is 0.692. The van der Waals surface area contributed by atoms with Gasteiger partial charge in [-0.2, -0.15) is 0 Å². The molecule has 0 amide bonds. The van der Waals surface area contributed by atoms with Gasteiger partial charge in [0.15, 0.2) is 11.5 Å². The van der Waals surface area contributed by atoms with Gasteiger partial charge in [-0.1, -0.05) is 12.1 Å². The SMILES string of the molecule is COc1ccc(-c2cc(=NCCCO)c3ccccc3o2)cc1OC. The molecule has 1 heterocycles. The molecule has 130 valence electrons. The Morgan fingerprint density at radius 2 is 1.80 bits per heavy atom. The van der Waals surface area contributed by atoms with Gasteiger partial charge >= 0.3 is 0 Å². The van der Waals surface area contributed by atoms with E-state index in [1.165, 1.54) is 0 Å². The van der Waals surface area contributed by atoms with Gasteiger partial charge < -0.3 is 19.0 Å². The van der Waals surface area contributed by atoms with E-state index < -0.39 is 0 Å². The summed E-state index contributed by atoms with van der Waals surface area (Å²) in [5.74, 6) is 2.00. The van der Waals surface area contributed by atoms with Crippen LogP contribution >= 0.6 is 0 Å². The lowest BCUT2D eigenvalue weighted by Crippen LogP contribution is -2.05. The summed E-state index contributed by atoms with van der Waals surface area (Å²) >= 11 is 0. The summed E-state index contributed by atoms with van der Waals surface area (Å²) < 4.78 is 16.7. The first-order chi connectivity index (χ1) is 12.3. The zero-order valence-corrected chi connectivity index (χ0v) is 14.4. The average Bonchev–Trinajstić information content (AvgIpc) is 2.67. The molecule has 0 spiro atoms. The first kappa shape index (κ1) is 17.0. The van der Waals surface area contributed by atoms with E-state index in [0.29, 0.717) is 30.2 Å². The summed E-state index contributed by atoms with van der Waals surface area (Å²) in [5.41, 5.74) is 1.64. The van der Waals surface area contributed by atoms with Crippen LogP contribution in [0.3, 0.4) is 0 Å². The number of hydrogen-bond acceptors (Lipinski definition) is 5. The van der Waals surface area contributed by atoms with Crippen LogP contribution in [0.4, 0.5) is 0 Å². The number of fused-ring (bicyclic) bond motifs is 1. The highest BCUT2D eigenvalue weighted by Gasteiger charge is 2.10. The fraction of sp³-hybridized carbons (Fsp3) is 0.250. The van der Waals surface area contributed by atoms with Crippen molar-refractivity contribution >= 4 is 11.0 Å². The van der Waals surface area contributed by atoms with Crippen LogP contribution in [-0.2, 0) is 0 Å². The molecule has 0 aliphatic rings. The van der Waals surface area contributed by atoms with E-state index in [4.69, 9.17) is 19.0 Å². The highest BCUT2D eigenvalue weighted by molar-refractivity contribution is 5.78. The van der Waals surface area contributed by atoms with E-state index in [2.05, 4.69) is 4.99 Å². The average molecular weight is 339 g/mol. The largest absolute Gasteiger partial charge is 0.493 e. The topological polar surface area (TPSA) is 64.2 Å². The van der Waals surface area contributed by atoms with Gasteiger partial charge in [-0.05, 0) is 36.8 Å². The maximum Gasteiger partial charge on any atom is 0.161 e. The second kappa shape index (κ2) is 7.85. The van der Waals surface area contributed by atoms with E-state index in [9.17, 15) is 0 Å². The predicted molar refractivity (Wildman–Crippen MR) is 96.9 cm³/mol. The van der Waals surface area contributed by atoms with Gasteiger partial charge in [-0.15, -0.1) is 0 Å². The molecule has 3 aromatic rings. The lowest BCUT2D eigenvalue weighted by atomic mass is 10.1. The van der Waals surface area contributed by atoms with Gasteiger partial charge in [-0.3, -0.25) is 4.99 Å². The zero-order chi connectivity index (χ0) is 17.6. The summed E-state index contributed by atoms with van der Waals surface area (Å²) in [6, 6.07) is 15.4. The number of hydrogen-bond donors (Lipinski definition) is 1. The molecule has 0 aliphatic carbocycles. The Morgan fingerprint density at radius 1 is 1.00 bits per heavy atom. The first-order valence-corrected chi connectivity index (χ1v) is 8.13.